The zero-order chi connectivity index (χ0) is 6.85. The predicted octanol–water partition coefficient (Wildman–Crippen LogP) is -0.157. The fraction of sp³-hybridized carbons (Fsp3) is 0.333. The third-order valence-corrected chi connectivity index (χ3v) is 1.09. The molecule has 0 aromatic rings. The highest BCUT2D eigenvalue weighted by Gasteiger charge is 2.20. The van der Waals surface area contributed by atoms with Gasteiger partial charge >= 0.3 is 0 Å². The van der Waals surface area contributed by atoms with Crippen molar-refractivity contribution in [1.82, 2.24) is 0 Å². The Morgan fingerprint density at radius 1 is 1.78 bits per heavy atom. The number of hydrogen-bond acceptors (Lipinski definition) is 3. The Bertz CT molecular complexity index is 160. The van der Waals surface area contributed by atoms with Crippen molar-refractivity contribution in [1.29, 1.82) is 0 Å². The average Bonchev–Trinajstić information content (AvgIpc) is 1.80. The fourth-order valence-electron chi connectivity index (χ4n) is 0.591. The number of rotatable bonds is 0. The molecule has 9 heavy (non-hydrogen) atoms. The molecular formula is C6H6O3. The Morgan fingerprint density at radius 2 is 2.44 bits per heavy atom. The Morgan fingerprint density at radius 3 is 2.89 bits per heavy atom. The first-order valence-corrected chi connectivity index (χ1v) is 2.58. The molecule has 0 bridgehead atoms. The summed E-state index contributed by atoms with van der Waals surface area (Å²) in [6.07, 6.45) is 2.60. The molecule has 0 heterocycles. The van der Waals surface area contributed by atoms with Crippen LogP contribution in [0.3, 0.4) is 0 Å². The van der Waals surface area contributed by atoms with Crippen molar-refractivity contribution in [2.45, 2.75) is 12.5 Å². The summed E-state index contributed by atoms with van der Waals surface area (Å²) in [5.74, 6) is -0.722. The second kappa shape index (κ2) is 2.19. The lowest BCUT2D eigenvalue weighted by molar-refractivity contribution is -0.123. The minimum Gasteiger partial charge on any atom is -0.511 e. The highest BCUT2D eigenvalue weighted by molar-refractivity contribution is 5.94. The molecule has 2 N–H and O–H groups in total. The van der Waals surface area contributed by atoms with E-state index in [1.54, 1.807) is 0 Å². The summed E-state index contributed by atoms with van der Waals surface area (Å²) < 4.78 is 0. The first-order chi connectivity index (χ1) is 4.20. The van der Waals surface area contributed by atoms with Gasteiger partial charge in [-0.25, -0.2) is 0 Å². The van der Waals surface area contributed by atoms with Gasteiger partial charge in [0.15, 0.2) is 5.78 Å². The maximum absolute atomic E-state index is 10.4. The Labute approximate surface area is 52.6 Å². The monoisotopic (exact) mass is 126 g/mol. The van der Waals surface area contributed by atoms with E-state index in [2.05, 4.69) is 6.42 Å². The molecule has 0 saturated heterocycles. The van der Waals surface area contributed by atoms with E-state index in [4.69, 9.17) is 10.2 Å². The van der Waals surface area contributed by atoms with E-state index in [0.29, 0.717) is 0 Å². The first-order valence-electron chi connectivity index (χ1n) is 2.58. The normalized spacial score (nSPS) is 27.9. The van der Waals surface area contributed by atoms with E-state index < -0.39 is 11.9 Å². The Kier molecular flexibility index (Phi) is 1.53. The van der Waals surface area contributed by atoms with Gasteiger partial charge < -0.3 is 10.2 Å². The second-order valence-corrected chi connectivity index (χ2v) is 1.83. The van der Waals surface area contributed by atoms with E-state index >= 15 is 0 Å². The van der Waals surface area contributed by atoms with Gasteiger partial charge in [-0.3, -0.25) is 4.79 Å². The molecule has 1 atom stereocenters. The summed E-state index contributed by atoms with van der Waals surface area (Å²) >= 11 is 0. The van der Waals surface area contributed by atoms with Crippen molar-refractivity contribution < 1.29 is 15.0 Å². The van der Waals surface area contributed by atoms with Crippen molar-refractivity contribution >= 4 is 5.78 Å². The lowest BCUT2D eigenvalue weighted by Gasteiger charge is -2.10. The van der Waals surface area contributed by atoms with Crippen molar-refractivity contribution in [2.24, 2.45) is 0 Å². The molecule has 0 aromatic heterocycles. The topological polar surface area (TPSA) is 57.5 Å². The summed E-state index contributed by atoms with van der Waals surface area (Å²) in [7, 11) is 0. The van der Waals surface area contributed by atoms with Gasteiger partial charge in [-0.2, -0.15) is 0 Å². The quantitative estimate of drug-likeness (QED) is 0.474. The molecule has 1 aliphatic carbocycles. The minimum absolute atomic E-state index is 0.176. The van der Waals surface area contributed by atoms with Gasteiger partial charge in [0, 0.05) is 6.42 Å². The maximum atomic E-state index is 10.4. The van der Waals surface area contributed by atoms with E-state index in [1.165, 1.54) is 6.08 Å². The van der Waals surface area contributed by atoms with Gasteiger partial charge in [0.2, 0.25) is 0 Å². The summed E-state index contributed by atoms with van der Waals surface area (Å²) in [6.45, 7) is 0. The van der Waals surface area contributed by atoms with Crippen molar-refractivity contribution in [3.63, 3.8) is 0 Å². The highest BCUT2D eigenvalue weighted by Crippen LogP contribution is 2.10. The van der Waals surface area contributed by atoms with Crippen LogP contribution in [0.1, 0.15) is 6.42 Å². The molecule has 3 heteroatoms. The number of carbonyl (C=O) groups is 1. The molecule has 0 amide bonds. The number of allylic oxidation sites excluding steroid dienone is 1. The molecule has 1 aliphatic rings. The van der Waals surface area contributed by atoms with Gasteiger partial charge in [0.05, 0.1) is 0 Å². The third-order valence-electron chi connectivity index (χ3n) is 1.09. The van der Waals surface area contributed by atoms with Crippen LogP contribution in [-0.2, 0) is 4.79 Å². The van der Waals surface area contributed by atoms with Crippen LogP contribution < -0.4 is 0 Å². The van der Waals surface area contributed by atoms with Gasteiger partial charge in [-0.05, 0) is 6.08 Å². The lowest BCUT2D eigenvalue weighted by Crippen LogP contribution is -2.23. The van der Waals surface area contributed by atoms with Crippen LogP contribution in [0.15, 0.2) is 11.8 Å². The summed E-state index contributed by atoms with van der Waals surface area (Å²) in [5.41, 5.74) is 0. The van der Waals surface area contributed by atoms with Crippen LogP contribution in [0.5, 0.6) is 0 Å². The molecule has 0 aromatic carbocycles. The van der Waals surface area contributed by atoms with Crippen LogP contribution in [0.2, 0.25) is 0 Å². The summed E-state index contributed by atoms with van der Waals surface area (Å²) in [4.78, 5) is 10.4. The number of carbonyl (C=O) groups excluding carboxylic acids is 1. The van der Waals surface area contributed by atoms with Crippen LogP contribution in [0, 0.1) is 6.42 Å². The fourth-order valence-corrected chi connectivity index (χ4v) is 0.591. The summed E-state index contributed by atoms with van der Waals surface area (Å²) in [5, 5.41) is 17.3. The van der Waals surface area contributed by atoms with Gasteiger partial charge in [-0.15, -0.1) is 0 Å². The van der Waals surface area contributed by atoms with E-state index in [-0.39, 0.29) is 12.2 Å². The van der Waals surface area contributed by atoms with Gasteiger partial charge in [-0.1, -0.05) is 0 Å². The standard InChI is InChI=1S/C6H6O3/c7-4-1-2-5(8)6(9)3-4/h1,5,7-8H,2H2. The SMILES string of the molecule is O=C1[C]C(O)=CCC1O. The van der Waals surface area contributed by atoms with Crippen LogP contribution >= 0.6 is 0 Å². The van der Waals surface area contributed by atoms with E-state index in [0.717, 1.165) is 0 Å². The highest BCUT2D eigenvalue weighted by atomic mass is 16.3. The van der Waals surface area contributed by atoms with Gasteiger partial charge in [0.25, 0.3) is 0 Å². The molecule has 0 saturated carbocycles. The van der Waals surface area contributed by atoms with Crippen LogP contribution in [0.4, 0.5) is 0 Å². The van der Waals surface area contributed by atoms with E-state index in [9.17, 15) is 4.79 Å². The minimum atomic E-state index is -0.999. The molecule has 0 fully saturated rings. The Hall–Kier alpha value is -0.830. The predicted molar refractivity (Wildman–Crippen MR) is 29.6 cm³/mol. The summed E-state index contributed by atoms with van der Waals surface area (Å²) in [6, 6.07) is 0. The molecule has 0 aliphatic heterocycles. The van der Waals surface area contributed by atoms with E-state index in [1.807, 2.05) is 0 Å². The van der Waals surface area contributed by atoms with Crippen LogP contribution in [-0.4, -0.2) is 22.1 Å². The zero-order valence-corrected chi connectivity index (χ0v) is 4.66. The molecule has 3 nitrogen and oxygen atoms in total. The molecule has 0 spiro atoms. The van der Waals surface area contributed by atoms with Gasteiger partial charge in [0.1, 0.15) is 18.3 Å². The molecule has 2 radical (unpaired) electrons. The second-order valence-electron chi connectivity index (χ2n) is 1.83. The molecule has 48 valence electrons. The number of hydrogen-bond donors (Lipinski definition) is 2. The van der Waals surface area contributed by atoms with Crippen molar-refractivity contribution in [3.05, 3.63) is 18.3 Å². The smallest absolute Gasteiger partial charge is 0.178 e. The van der Waals surface area contributed by atoms with Crippen molar-refractivity contribution in [3.8, 4) is 0 Å². The largest absolute Gasteiger partial charge is 0.511 e. The van der Waals surface area contributed by atoms with Crippen molar-refractivity contribution in [2.75, 3.05) is 0 Å². The molecule has 1 unspecified atom stereocenters. The number of ketones is 1. The number of Topliss-reactive ketones (excluding diaryl/α,β-unsaturated/α-hetero) is 1. The van der Waals surface area contributed by atoms with Crippen LogP contribution in [0.25, 0.3) is 0 Å². The average molecular weight is 126 g/mol. The first kappa shape index (κ1) is 6.29. The number of aliphatic hydroxyl groups is 2. The molecule has 1 rings (SSSR count). The maximum Gasteiger partial charge on any atom is 0.178 e. The Balaban J connectivity index is 2.65. The number of aliphatic hydroxyl groups excluding tert-OH is 2. The molecular weight excluding hydrogens is 120 g/mol. The third kappa shape index (κ3) is 1.29. The lowest BCUT2D eigenvalue weighted by atomic mass is 10.0. The zero-order valence-electron chi connectivity index (χ0n) is 4.66.